The molecule has 0 amide bonds. The van der Waals surface area contributed by atoms with Gasteiger partial charge in [0.15, 0.2) is 0 Å². The predicted octanol–water partition coefficient (Wildman–Crippen LogP) is 1.10. The molecule has 5 heteroatoms. The van der Waals surface area contributed by atoms with Crippen LogP contribution in [0, 0.1) is 0 Å². The van der Waals surface area contributed by atoms with Crippen molar-refractivity contribution in [2.75, 3.05) is 7.11 Å². The van der Waals surface area contributed by atoms with E-state index in [2.05, 4.69) is 15.4 Å². The lowest BCUT2D eigenvalue weighted by Gasteiger charge is -2.17. The molecule has 3 N–H and O–H groups in total. The van der Waals surface area contributed by atoms with Gasteiger partial charge in [0.25, 0.3) is 0 Å². The average Bonchev–Trinajstić information content (AvgIpc) is 2.24. The standard InChI is InChI=1S/C11H18N4O/c1-11(2,3)14-10(15-12)8-5-6-13-7-9(8)16-4/h5-7H,12H2,1-4H3,(H,14,15). The molecule has 0 radical (unpaired) electrons. The Morgan fingerprint density at radius 2 is 2.19 bits per heavy atom. The van der Waals surface area contributed by atoms with Gasteiger partial charge in [-0.05, 0) is 26.8 Å². The summed E-state index contributed by atoms with van der Waals surface area (Å²) in [6.07, 6.45) is 3.30. The summed E-state index contributed by atoms with van der Waals surface area (Å²) in [6.45, 7) is 5.99. The molecular formula is C11H18N4O. The summed E-state index contributed by atoms with van der Waals surface area (Å²) in [5.41, 5.74) is 3.18. The molecule has 1 heterocycles. The topological polar surface area (TPSA) is 72.5 Å². The van der Waals surface area contributed by atoms with Crippen molar-refractivity contribution in [1.29, 1.82) is 0 Å². The van der Waals surface area contributed by atoms with Crippen LogP contribution < -0.4 is 16.0 Å². The van der Waals surface area contributed by atoms with E-state index in [1.165, 1.54) is 0 Å². The number of methoxy groups -OCH3 is 1. The van der Waals surface area contributed by atoms with E-state index in [1.807, 2.05) is 26.8 Å². The van der Waals surface area contributed by atoms with Gasteiger partial charge in [-0.3, -0.25) is 9.98 Å². The Balaban J connectivity index is 3.19. The molecule has 0 unspecified atom stereocenters. The maximum atomic E-state index is 5.48. The fourth-order valence-electron chi connectivity index (χ4n) is 1.24. The highest BCUT2D eigenvalue weighted by molar-refractivity contribution is 6.00. The Morgan fingerprint density at radius 1 is 1.50 bits per heavy atom. The van der Waals surface area contributed by atoms with Gasteiger partial charge in [0.2, 0.25) is 0 Å². The number of aliphatic imine (C=N–C) groups is 1. The van der Waals surface area contributed by atoms with E-state index in [0.717, 1.165) is 5.56 Å². The molecule has 0 bridgehead atoms. The summed E-state index contributed by atoms with van der Waals surface area (Å²) < 4.78 is 5.20. The number of amidine groups is 1. The van der Waals surface area contributed by atoms with Crippen LogP contribution >= 0.6 is 0 Å². The Morgan fingerprint density at radius 3 is 2.69 bits per heavy atom. The van der Waals surface area contributed by atoms with E-state index < -0.39 is 0 Å². The molecule has 0 aromatic carbocycles. The fourth-order valence-corrected chi connectivity index (χ4v) is 1.24. The van der Waals surface area contributed by atoms with Gasteiger partial charge in [0, 0.05) is 6.20 Å². The van der Waals surface area contributed by atoms with Crippen LogP contribution in [0.5, 0.6) is 5.75 Å². The number of rotatable bonds is 2. The first-order valence-electron chi connectivity index (χ1n) is 5.03. The van der Waals surface area contributed by atoms with Gasteiger partial charge in [-0.2, -0.15) is 0 Å². The van der Waals surface area contributed by atoms with Crippen LogP contribution in [0.3, 0.4) is 0 Å². The largest absolute Gasteiger partial charge is 0.494 e. The second-order valence-electron chi connectivity index (χ2n) is 4.35. The average molecular weight is 222 g/mol. The van der Waals surface area contributed by atoms with Crippen molar-refractivity contribution < 1.29 is 4.74 Å². The smallest absolute Gasteiger partial charge is 0.148 e. The zero-order valence-electron chi connectivity index (χ0n) is 10.1. The van der Waals surface area contributed by atoms with Crippen molar-refractivity contribution in [2.45, 2.75) is 26.3 Å². The first-order chi connectivity index (χ1) is 7.48. The molecule has 0 saturated heterocycles. The van der Waals surface area contributed by atoms with Crippen molar-refractivity contribution in [3.8, 4) is 5.75 Å². The minimum Gasteiger partial charge on any atom is -0.494 e. The molecule has 0 fully saturated rings. The van der Waals surface area contributed by atoms with Crippen LogP contribution in [-0.2, 0) is 0 Å². The van der Waals surface area contributed by atoms with Crippen molar-refractivity contribution in [3.63, 3.8) is 0 Å². The van der Waals surface area contributed by atoms with Crippen LogP contribution in [0.1, 0.15) is 26.3 Å². The highest BCUT2D eigenvalue weighted by atomic mass is 16.5. The number of nitrogens with two attached hydrogens (primary N) is 1. The number of hydrogen-bond acceptors (Lipinski definition) is 4. The summed E-state index contributed by atoms with van der Waals surface area (Å²) in [6, 6.07) is 1.81. The number of aromatic nitrogens is 1. The second kappa shape index (κ2) is 4.94. The maximum Gasteiger partial charge on any atom is 0.148 e. The van der Waals surface area contributed by atoms with Crippen LogP contribution in [0.15, 0.2) is 23.5 Å². The third kappa shape index (κ3) is 3.20. The van der Waals surface area contributed by atoms with E-state index in [-0.39, 0.29) is 5.54 Å². The monoisotopic (exact) mass is 222 g/mol. The molecular weight excluding hydrogens is 204 g/mol. The Bertz CT molecular complexity index is 382. The Hall–Kier alpha value is -1.62. The number of hydrogen-bond donors (Lipinski definition) is 2. The fraction of sp³-hybridized carbons (Fsp3) is 0.455. The molecule has 88 valence electrons. The van der Waals surface area contributed by atoms with Gasteiger partial charge in [-0.15, -0.1) is 0 Å². The minimum atomic E-state index is -0.212. The molecule has 0 saturated carbocycles. The number of nitrogens with one attached hydrogen (secondary N) is 1. The van der Waals surface area contributed by atoms with Crippen LogP contribution in [0.25, 0.3) is 0 Å². The molecule has 0 atom stereocenters. The molecule has 0 aliphatic heterocycles. The van der Waals surface area contributed by atoms with Crippen molar-refractivity contribution in [3.05, 3.63) is 24.0 Å². The van der Waals surface area contributed by atoms with Crippen molar-refractivity contribution in [1.82, 2.24) is 10.4 Å². The van der Waals surface area contributed by atoms with E-state index in [0.29, 0.717) is 11.6 Å². The van der Waals surface area contributed by atoms with Gasteiger partial charge >= 0.3 is 0 Å². The van der Waals surface area contributed by atoms with Crippen molar-refractivity contribution in [2.24, 2.45) is 10.8 Å². The minimum absolute atomic E-state index is 0.212. The third-order valence-corrected chi connectivity index (χ3v) is 1.84. The van der Waals surface area contributed by atoms with Gasteiger partial charge in [0.05, 0.1) is 24.4 Å². The molecule has 0 aliphatic rings. The van der Waals surface area contributed by atoms with Crippen LogP contribution in [-0.4, -0.2) is 23.5 Å². The lowest BCUT2D eigenvalue weighted by Crippen LogP contribution is -2.34. The lowest BCUT2D eigenvalue weighted by molar-refractivity contribution is 0.411. The molecule has 0 spiro atoms. The van der Waals surface area contributed by atoms with E-state index in [1.54, 1.807) is 19.5 Å². The van der Waals surface area contributed by atoms with Gasteiger partial charge in [-0.25, -0.2) is 5.84 Å². The molecule has 1 aromatic rings. The van der Waals surface area contributed by atoms with Crippen LogP contribution in [0.2, 0.25) is 0 Å². The SMILES string of the molecule is COc1cnccc1C(=NC(C)(C)C)NN. The van der Waals surface area contributed by atoms with E-state index in [4.69, 9.17) is 10.6 Å². The molecule has 16 heavy (non-hydrogen) atoms. The highest BCUT2D eigenvalue weighted by Crippen LogP contribution is 2.18. The maximum absolute atomic E-state index is 5.48. The summed E-state index contributed by atoms with van der Waals surface area (Å²) in [5.74, 6) is 6.71. The second-order valence-corrected chi connectivity index (χ2v) is 4.35. The first-order valence-corrected chi connectivity index (χ1v) is 5.03. The lowest BCUT2D eigenvalue weighted by atomic mass is 10.1. The zero-order valence-corrected chi connectivity index (χ0v) is 10.1. The number of ether oxygens (including phenoxy) is 1. The van der Waals surface area contributed by atoms with E-state index >= 15 is 0 Å². The summed E-state index contributed by atoms with van der Waals surface area (Å²) in [7, 11) is 1.59. The normalized spacial score (nSPS) is 12.4. The molecule has 5 nitrogen and oxygen atoms in total. The van der Waals surface area contributed by atoms with Crippen molar-refractivity contribution >= 4 is 5.84 Å². The Kier molecular flexibility index (Phi) is 3.84. The first kappa shape index (κ1) is 12.4. The molecule has 0 aliphatic carbocycles. The van der Waals surface area contributed by atoms with Gasteiger partial charge < -0.3 is 10.2 Å². The third-order valence-electron chi connectivity index (χ3n) is 1.84. The highest BCUT2D eigenvalue weighted by Gasteiger charge is 2.14. The van der Waals surface area contributed by atoms with Gasteiger partial charge in [-0.1, -0.05) is 0 Å². The van der Waals surface area contributed by atoms with Crippen LogP contribution in [0.4, 0.5) is 0 Å². The molecule has 1 aromatic heterocycles. The summed E-state index contributed by atoms with van der Waals surface area (Å²) in [4.78, 5) is 8.46. The zero-order chi connectivity index (χ0) is 12.2. The van der Waals surface area contributed by atoms with Gasteiger partial charge in [0.1, 0.15) is 11.6 Å². The number of pyridine rings is 1. The molecule has 1 rings (SSSR count). The predicted molar refractivity (Wildman–Crippen MR) is 64.4 cm³/mol. The number of nitrogens with zero attached hydrogens (tertiary/aromatic N) is 2. The van der Waals surface area contributed by atoms with E-state index in [9.17, 15) is 0 Å². The summed E-state index contributed by atoms with van der Waals surface area (Å²) in [5, 5.41) is 0. The number of hydrazine groups is 1. The quantitative estimate of drug-likeness (QED) is 0.340. The summed E-state index contributed by atoms with van der Waals surface area (Å²) >= 11 is 0. The Labute approximate surface area is 95.7 Å².